The summed E-state index contributed by atoms with van der Waals surface area (Å²) in [5.74, 6) is 0.944. The van der Waals surface area contributed by atoms with Crippen LogP contribution in [0.3, 0.4) is 0 Å². The van der Waals surface area contributed by atoms with Crippen molar-refractivity contribution >= 4 is 21.8 Å². The second-order valence-corrected chi connectivity index (χ2v) is 15.6. The Hall–Kier alpha value is -7.29. The van der Waals surface area contributed by atoms with Crippen LogP contribution in [0.1, 0.15) is 27.8 Å². The third-order valence-electron chi connectivity index (χ3n) is 12.5. The molecule has 0 atom stereocenters. The van der Waals surface area contributed by atoms with Gasteiger partial charge in [-0.25, -0.2) is 4.98 Å². The number of nitrogens with zero attached hydrogens (tertiary/aromatic N) is 2. The molecule has 2 heteroatoms. The van der Waals surface area contributed by atoms with Crippen molar-refractivity contribution in [3.63, 3.8) is 0 Å². The number of hydrogen-bond donors (Lipinski definition) is 0. The molecule has 12 rings (SSSR count). The number of hydrogen-bond acceptors (Lipinski definition) is 1. The van der Waals surface area contributed by atoms with E-state index in [9.17, 15) is 0 Å². The SMILES string of the molecule is Cc1ccc(-c2ccc3c(c2)C2(c4ccccc4-c4ccccc42)c2cc(-c4ccc5cc(-c6nc7ccccc7n6-c6ccccc6)ccc5c4)ccc2-3)cc1. The first-order valence-corrected chi connectivity index (χ1v) is 19.8. The van der Waals surface area contributed by atoms with Gasteiger partial charge in [-0.1, -0.05) is 157 Å². The minimum absolute atomic E-state index is 0.426. The van der Waals surface area contributed by atoms with E-state index >= 15 is 0 Å². The molecular formula is C55H36N2. The highest BCUT2D eigenvalue weighted by atomic mass is 15.1. The van der Waals surface area contributed by atoms with Crippen molar-refractivity contribution in [3.05, 3.63) is 228 Å². The molecule has 0 fully saturated rings. The van der Waals surface area contributed by atoms with Gasteiger partial charge in [-0.2, -0.15) is 0 Å². The number of rotatable bonds is 4. The van der Waals surface area contributed by atoms with Crippen molar-refractivity contribution in [2.75, 3.05) is 0 Å². The van der Waals surface area contributed by atoms with E-state index in [1.165, 1.54) is 83.1 Å². The topological polar surface area (TPSA) is 17.8 Å². The van der Waals surface area contributed by atoms with Crippen molar-refractivity contribution in [3.8, 4) is 61.6 Å². The van der Waals surface area contributed by atoms with Crippen LogP contribution in [0.4, 0.5) is 0 Å². The summed E-state index contributed by atoms with van der Waals surface area (Å²) >= 11 is 0. The highest BCUT2D eigenvalue weighted by Crippen LogP contribution is 2.63. The minimum atomic E-state index is -0.426. The van der Waals surface area contributed by atoms with Crippen LogP contribution in [0.25, 0.3) is 83.4 Å². The first kappa shape index (κ1) is 32.0. The first-order chi connectivity index (χ1) is 28.1. The van der Waals surface area contributed by atoms with Gasteiger partial charge in [-0.05, 0) is 133 Å². The average molecular weight is 725 g/mol. The summed E-state index contributed by atoms with van der Waals surface area (Å²) in [6.07, 6.45) is 0. The minimum Gasteiger partial charge on any atom is -0.292 e. The average Bonchev–Trinajstić information content (AvgIpc) is 3.91. The second-order valence-electron chi connectivity index (χ2n) is 15.6. The van der Waals surface area contributed by atoms with Gasteiger partial charge in [0.05, 0.1) is 16.4 Å². The summed E-state index contributed by atoms with van der Waals surface area (Å²) in [7, 11) is 0. The highest BCUT2D eigenvalue weighted by molar-refractivity contribution is 5.98. The Labute approximate surface area is 332 Å². The molecule has 2 aliphatic rings. The molecule has 0 amide bonds. The summed E-state index contributed by atoms with van der Waals surface area (Å²) in [6.45, 7) is 2.15. The zero-order valence-electron chi connectivity index (χ0n) is 31.4. The summed E-state index contributed by atoms with van der Waals surface area (Å²) in [5.41, 5.74) is 20.7. The Morgan fingerprint density at radius 1 is 0.386 bits per heavy atom. The van der Waals surface area contributed by atoms with Crippen molar-refractivity contribution in [2.24, 2.45) is 0 Å². The molecule has 2 nitrogen and oxygen atoms in total. The fourth-order valence-corrected chi connectivity index (χ4v) is 9.87. The van der Waals surface area contributed by atoms with E-state index in [1.807, 2.05) is 0 Å². The lowest BCUT2D eigenvalue weighted by Crippen LogP contribution is -2.26. The molecule has 0 N–H and O–H groups in total. The molecule has 1 aromatic heterocycles. The molecule has 0 radical (unpaired) electrons. The van der Waals surface area contributed by atoms with E-state index in [-0.39, 0.29) is 0 Å². The van der Waals surface area contributed by atoms with Crippen molar-refractivity contribution < 1.29 is 0 Å². The van der Waals surface area contributed by atoms with Gasteiger partial charge in [0.15, 0.2) is 0 Å². The molecule has 0 aliphatic heterocycles. The summed E-state index contributed by atoms with van der Waals surface area (Å²) in [6, 6.07) is 73.9. The Bertz CT molecular complexity index is 3190. The van der Waals surface area contributed by atoms with Crippen molar-refractivity contribution in [1.82, 2.24) is 9.55 Å². The quantitative estimate of drug-likeness (QED) is 0.177. The summed E-state index contributed by atoms with van der Waals surface area (Å²) in [4.78, 5) is 5.14. The standard InChI is InChI=1S/C55H36N2/c1-35-19-21-36(22-20-35)40-27-29-46-47-30-28-41(34-51(47)55(50(46)33-40)48-15-7-5-13-44(48)45-14-6-8-16-49(45)55)38-23-24-39-32-42(26-25-37(39)31-38)54-56-52-17-9-10-18-53(52)57(54)43-11-3-2-4-12-43/h2-34H,1H3. The zero-order chi connectivity index (χ0) is 37.7. The Balaban J connectivity index is 1.01. The normalized spacial score (nSPS) is 13.1. The molecular weight excluding hydrogens is 689 g/mol. The number of imidazole rings is 1. The zero-order valence-corrected chi connectivity index (χ0v) is 31.4. The maximum atomic E-state index is 5.14. The highest BCUT2D eigenvalue weighted by Gasteiger charge is 2.51. The van der Waals surface area contributed by atoms with Crippen LogP contribution in [0, 0.1) is 6.92 Å². The van der Waals surface area contributed by atoms with Gasteiger partial charge in [-0.3, -0.25) is 4.57 Å². The molecule has 9 aromatic carbocycles. The molecule has 57 heavy (non-hydrogen) atoms. The number of para-hydroxylation sites is 3. The number of aryl methyl sites for hydroxylation is 1. The monoisotopic (exact) mass is 724 g/mol. The fraction of sp³-hybridized carbons (Fsp3) is 0.0364. The molecule has 266 valence electrons. The number of benzene rings is 9. The van der Waals surface area contributed by atoms with Crippen LogP contribution < -0.4 is 0 Å². The maximum Gasteiger partial charge on any atom is 0.145 e. The van der Waals surface area contributed by atoms with E-state index in [0.29, 0.717) is 0 Å². The van der Waals surface area contributed by atoms with Crippen LogP contribution in [0.2, 0.25) is 0 Å². The smallest absolute Gasteiger partial charge is 0.145 e. The lowest BCUT2D eigenvalue weighted by Gasteiger charge is -2.31. The molecule has 0 unspecified atom stereocenters. The van der Waals surface area contributed by atoms with E-state index in [4.69, 9.17) is 4.98 Å². The van der Waals surface area contributed by atoms with Crippen LogP contribution in [-0.2, 0) is 5.41 Å². The van der Waals surface area contributed by atoms with Gasteiger partial charge in [-0.15, -0.1) is 0 Å². The lowest BCUT2D eigenvalue weighted by molar-refractivity contribution is 0.794. The molecule has 0 bridgehead atoms. The maximum absolute atomic E-state index is 5.14. The Morgan fingerprint density at radius 3 is 1.56 bits per heavy atom. The predicted octanol–water partition coefficient (Wildman–Crippen LogP) is 13.8. The molecule has 0 saturated heterocycles. The van der Waals surface area contributed by atoms with E-state index in [2.05, 4.69) is 212 Å². The van der Waals surface area contributed by atoms with Gasteiger partial charge >= 0.3 is 0 Å². The van der Waals surface area contributed by atoms with Crippen molar-refractivity contribution in [1.29, 1.82) is 0 Å². The van der Waals surface area contributed by atoms with Gasteiger partial charge in [0, 0.05) is 11.3 Å². The number of aromatic nitrogens is 2. The van der Waals surface area contributed by atoms with E-state index in [1.54, 1.807) is 0 Å². The summed E-state index contributed by atoms with van der Waals surface area (Å²) < 4.78 is 2.27. The Kier molecular flexibility index (Phi) is 6.80. The summed E-state index contributed by atoms with van der Waals surface area (Å²) in [5, 5.41) is 2.40. The molecule has 10 aromatic rings. The Morgan fingerprint density at radius 2 is 0.877 bits per heavy atom. The first-order valence-electron chi connectivity index (χ1n) is 19.8. The molecule has 0 saturated carbocycles. The van der Waals surface area contributed by atoms with Gasteiger partial charge in [0.2, 0.25) is 0 Å². The molecule has 1 spiro atoms. The van der Waals surface area contributed by atoms with Gasteiger partial charge < -0.3 is 0 Å². The van der Waals surface area contributed by atoms with E-state index < -0.39 is 5.41 Å². The third kappa shape index (κ3) is 4.62. The third-order valence-corrected chi connectivity index (χ3v) is 12.5. The fourth-order valence-electron chi connectivity index (χ4n) is 9.87. The largest absolute Gasteiger partial charge is 0.292 e. The number of fused-ring (bicyclic) bond motifs is 12. The van der Waals surface area contributed by atoms with Crippen LogP contribution in [0.15, 0.2) is 200 Å². The van der Waals surface area contributed by atoms with Crippen LogP contribution >= 0.6 is 0 Å². The van der Waals surface area contributed by atoms with Crippen LogP contribution in [-0.4, -0.2) is 9.55 Å². The van der Waals surface area contributed by atoms with Crippen molar-refractivity contribution in [2.45, 2.75) is 12.3 Å². The molecule has 1 heterocycles. The van der Waals surface area contributed by atoms with E-state index in [0.717, 1.165) is 28.1 Å². The van der Waals surface area contributed by atoms with Crippen LogP contribution in [0.5, 0.6) is 0 Å². The molecule has 2 aliphatic carbocycles. The second kappa shape index (κ2) is 12.1. The van der Waals surface area contributed by atoms with Gasteiger partial charge in [0.1, 0.15) is 5.82 Å². The predicted molar refractivity (Wildman–Crippen MR) is 236 cm³/mol. The lowest BCUT2D eigenvalue weighted by atomic mass is 9.70. The van der Waals surface area contributed by atoms with Gasteiger partial charge in [0.25, 0.3) is 0 Å².